The molecule has 0 saturated carbocycles. The van der Waals surface area contributed by atoms with E-state index in [0.717, 1.165) is 20.8 Å². The molecule has 21 heavy (non-hydrogen) atoms. The lowest BCUT2D eigenvalue weighted by Gasteiger charge is -2.05. The Morgan fingerprint density at radius 2 is 2.10 bits per heavy atom. The summed E-state index contributed by atoms with van der Waals surface area (Å²) in [5.74, 6) is -0.309. The molecule has 1 heterocycles. The number of aromatic nitrogens is 1. The number of nitrogens with zero attached hydrogens (tertiary/aromatic N) is 1. The second kappa shape index (κ2) is 5.35. The SMILES string of the molecule is COc1cc(Cl)ccc1-c1nc2ccc(C(=O)O)cc2s1. The number of hydrogen-bond acceptors (Lipinski definition) is 4. The van der Waals surface area contributed by atoms with E-state index in [4.69, 9.17) is 21.4 Å². The number of thiazole rings is 1. The van der Waals surface area contributed by atoms with Gasteiger partial charge in [0.1, 0.15) is 10.8 Å². The van der Waals surface area contributed by atoms with E-state index in [1.807, 2.05) is 6.07 Å². The van der Waals surface area contributed by atoms with Gasteiger partial charge in [-0.3, -0.25) is 0 Å². The number of aromatic carboxylic acids is 1. The molecule has 0 bridgehead atoms. The van der Waals surface area contributed by atoms with E-state index in [2.05, 4.69) is 4.98 Å². The van der Waals surface area contributed by atoms with Gasteiger partial charge < -0.3 is 9.84 Å². The number of carbonyl (C=O) groups is 1. The molecular weight excluding hydrogens is 310 g/mol. The van der Waals surface area contributed by atoms with Crippen LogP contribution in [0.1, 0.15) is 10.4 Å². The van der Waals surface area contributed by atoms with Crippen molar-refractivity contribution in [2.75, 3.05) is 7.11 Å². The van der Waals surface area contributed by atoms with Crippen LogP contribution in [0.2, 0.25) is 5.02 Å². The fourth-order valence-corrected chi connectivity index (χ4v) is 3.21. The van der Waals surface area contributed by atoms with Gasteiger partial charge in [-0.15, -0.1) is 11.3 Å². The third-order valence-electron chi connectivity index (χ3n) is 3.03. The largest absolute Gasteiger partial charge is 0.496 e. The first-order chi connectivity index (χ1) is 10.1. The second-order valence-electron chi connectivity index (χ2n) is 4.35. The number of ether oxygens (including phenoxy) is 1. The van der Waals surface area contributed by atoms with Crippen LogP contribution in [0, 0.1) is 0 Å². The first-order valence-electron chi connectivity index (χ1n) is 6.06. The van der Waals surface area contributed by atoms with Gasteiger partial charge in [0.25, 0.3) is 0 Å². The van der Waals surface area contributed by atoms with Crippen LogP contribution in [-0.4, -0.2) is 23.2 Å². The van der Waals surface area contributed by atoms with Crippen LogP contribution >= 0.6 is 22.9 Å². The second-order valence-corrected chi connectivity index (χ2v) is 5.82. The average molecular weight is 320 g/mol. The maximum Gasteiger partial charge on any atom is 0.335 e. The molecule has 0 spiro atoms. The molecule has 0 aliphatic carbocycles. The monoisotopic (exact) mass is 319 g/mol. The molecule has 6 heteroatoms. The van der Waals surface area contributed by atoms with Gasteiger partial charge in [-0.25, -0.2) is 9.78 Å². The summed E-state index contributed by atoms with van der Waals surface area (Å²) in [7, 11) is 1.57. The van der Waals surface area contributed by atoms with Gasteiger partial charge in [-0.2, -0.15) is 0 Å². The van der Waals surface area contributed by atoms with Crippen molar-refractivity contribution in [2.24, 2.45) is 0 Å². The molecule has 0 aliphatic heterocycles. The Morgan fingerprint density at radius 1 is 1.29 bits per heavy atom. The van der Waals surface area contributed by atoms with Crippen LogP contribution in [-0.2, 0) is 0 Å². The quantitative estimate of drug-likeness (QED) is 0.781. The molecule has 0 amide bonds. The van der Waals surface area contributed by atoms with Gasteiger partial charge in [0.15, 0.2) is 0 Å². The first kappa shape index (κ1) is 13.9. The summed E-state index contributed by atoms with van der Waals surface area (Å²) in [5, 5.41) is 10.4. The van der Waals surface area contributed by atoms with Crippen molar-refractivity contribution in [1.82, 2.24) is 4.98 Å². The van der Waals surface area contributed by atoms with Gasteiger partial charge in [0.05, 0.1) is 28.5 Å². The van der Waals surface area contributed by atoms with Gasteiger partial charge in [-0.1, -0.05) is 11.6 Å². The predicted molar refractivity (Wildman–Crippen MR) is 83.6 cm³/mol. The van der Waals surface area contributed by atoms with Crippen LogP contribution in [0.5, 0.6) is 5.75 Å². The lowest BCUT2D eigenvalue weighted by molar-refractivity contribution is 0.0697. The Bertz CT molecular complexity index is 844. The Hall–Kier alpha value is -2.11. The van der Waals surface area contributed by atoms with Gasteiger partial charge in [-0.05, 0) is 36.4 Å². The van der Waals surface area contributed by atoms with Crippen molar-refractivity contribution in [3.63, 3.8) is 0 Å². The number of benzene rings is 2. The molecule has 4 nitrogen and oxygen atoms in total. The van der Waals surface area contributed by atoms with E-state index in [0.29, 0.717) is 10.8 Å². The molecular formula is C15H10ClNO3S. The number of fused-ring (bicyclic) bond motifs is 1. The highest BCUT2D eigenvalue weighted by molar-refractivity contribution is 7.21. The zero-order valence-corrected chi connectivity index (χ0v) is 12.5. The van der Waals surface area contributed by atoms with Gasteiger partial charge in [0.2, 0.25) is 0 Å². The molecule has 0 atom stereocenters. The average Bonchev–Trinajstić information content (AvgIpc) is 2.89. The molecule has 0 unspecified atom stereocenters. The maximum absolute atomic E-state index is 11.0. The van der Waals surface area contributed by atoms with E-state index in [9.17, 15) is 4.79 Å². The normalized spacial score (nSPS) is 10.8. The van der Waals surface area contributed by atoms with Crippen molar-refractivity contribution in [3.8, 4) is 16.3 Å². The van der Waals surface area contributed by atoms with Crippen LogP contribution in [0.15, 0.2) is 36.4 Å². The van der Waals surface area contributed by atoms with Crippen LogP contribution in [0.3, 0.4) is 0 Å². The third kappa shape index (κ3) is 2.57. The molecule has 0 fully saturated rings. The number of carboxylic acid groups (broad SMARTS) is 1. The summed E-state index contributed by atoms with van der Waals surface area (Å²) in [5.41, 5.74) is 1.85. The maximum atomic E-state index is 11.0. The van der Waals surface area contributed by atoms with Gasteiger partial charge in [0, 0.05) is 5.02 Å². The minimum Gasteiger partial charge on any atom is -0.496 e. The van der Waals surface area contributed by atoms with E-state index in [1.165, 1.54) is 11.3 Å². The predicted octanol–water partition coefficient (Wildman–Crippen LogP) is 4.32. The fourth-order valence-electron chi connectivity index (χ4n) is 2.01. The molecule has 2 aromatic carbocycles. The summed E-state index contributed by atoms with van der Waals surface area (Å²) in [6.45, 7) is 0. The first-order valence-corrected chi connectivity index (χ1v) is 7.26. The van der Waals surface area contributed by atoms with Crippen LogP contribution in [0.25, 0.3) is 20.8 Å². The zero-order valence-electron chi connectivity index (χ0n) is 11.0. The number of methoxy groups -OCH3 is 1. The van der Waals surface area contributed by atoms with E-state index < -0.39 is 5.97 Å². The molecule has 3 rings (SSSR count). The molecule has 3 aromatic rings. The zero-order chi connectivity index (χ0) is 15.0. The summed E-state index contributed by atoms with van der Waals surface area (Å²) in [6.07, 6.45) is 0. The number of hydrogen-bond donors (Lipinski definition) is 1. The highest BCUT2D eigenvalue weighted by atomic mass is 35.5. The summed E-state index contributed by atoms with van der Waals surface area (Å²) in [6, 6.07) is 10.2. The fraction of sp³-hybridized carbons (Fsp3) is 0.0667. The number of halogens is 1. The summed E-state index contributed by atoms with van der Waals surface area (Å²) >= 11 is 7.37. The lowest BCUT2D eigenvalue weighted by Crippen LogP contribution is -1.94. The molecule has 1 N–H and O–H groups in total. The van der Waals surface area contributed by atoms with E-state index >= 15 is 0 Å². The molecule has 1 aromatic heterocycles. The van der Waals surface area contributed by atoms with Crippen molar-refractivity contribution in [1.29, 1.82) is 0 Å². The Kier molecular flexibility index (Phi) is 3.53. The van der Waals surface area contributed by atoms with Crippen molar-refractivity contribution < 1.29 is 14.6 Å². The van der Waals surface area contributed by atoms with Crippen LogP contribution < -0.4 is 4.74 Å². The topological polar surface area (TPSA) is 59.4 Å². The minimum absolute atomic E-state index is 0.251. The highest BCUT2D eigenvalue weighted by Gasteiger charge is 2.13. The van der Waals surface area contributed by atoms with E-state index in [1.54, 1.807) is 37.4 Å². The molecule has 106 valence electrons. The van der Waals surface area contributed by atoms with Crippen molar-refractivity contribution in [2.45, 2.75) is 0 Å². The smallest absolute Gasteiger partial charge is 0.335 e. The lowest BCUT2D eigenvalue weighted by atomic mass is 10.2. The summed E-state index contributed by atoms with van der Waals surface area (Å²) < 4.78 is 6.15. The standard InChI is InChI=1S/C15H10ClNO3S/c1-20-12-7-9(16)3-4-10(12)14-17-11-5-2-8(15(18)19)6-13(11)21-14/h2-7H,1H3,(H,18,19). The Morgan fingerprint density at radius 3 is 2.81 bits per heavy atom. The van der Waals surface area contributed by atoms with Crippen molar-refractivity contribution >= 4 is 39.1 Å². The van der Waals surface area contributed by atoms with Gasteiger partial charge >= 0.3 is 5.97 Å². The molecule has 0 saturated heterocycles. The third-order valence-corrected chi connectivity index (χ3v) is 4.32. The number of carboxylic acids is 1. The Balaban J connectivity index is 2.15. The van der Waals surface area contributed by atoms with Crippen molar-refractivity contribution in [3.05, 3.63) is 47.0 Å². The van der Waals surface area contributed by atoms with E-state index in [-0.39, 0.29) is 5.56 Å². The summed E-state index contributed by atoms with van der Waals surface area (Å²) in [4.78, 5) is 15.5. The van der Waals surface area contributed by atoms with Crippen LogP contribution in [0.4, 0.5) is 0 Å². The Labute approximate surface area is 129 Å². The number of rotatable bonds is 3. The molecule has 0 aliphatic rings. The highest BCUT2D eigenvalue weighted by Crippen LogP contribution is 2.37. The minimum atomic E-state index is -0.948. The molecule has 0 radical (unpaired) electrons.